The molecule has 0 aliphatic rings. The van der Waals surface area contributed by atoms with Crippen molar-refractivity contribution in [3.63, 3.8) is 0 Å². The molecule has 28 heavy (non-hydrogen) atoms. The summed E-state index contributed by atoms with van der Waals surface area (Å²) in [6, 6.07) is 19.5. The maximum atomic E-state index is 12.3. The summed E-state index contributed by atoms with van der Waals surface area (Å²) in [6.45, 7) is 0. The van der Waals surface area contributed by atoms with Crippen molar-refractivity contribution >= 4 is 45.1 Å². The molecule has 4 rings (SSSR count). The zero-order valence-electron chi connectivity index (χ0n) is 14.5. The highest BCUT2D eigenvalue weighted by molar-refractivity contribution is 6.33. The quantitative estimate of drug-likeness (QED) is 0.183. The second-order valence-electron chi connectivity index (χ2n) is 6.06. The molecular formula is C21H14ClN3O3. The van der Waals surface area contributed by atoms with Gasteiger partial charge in [0.15, 0.2) is 5.84 Å². The van der Waals surface area contributed by atoms with Crippen molar-refractivity contribution in [1.82, 2.24) is 5.43 Å². The fourth-order valence-electron chi connectivity index (χ4n) is 2.93. The molecule has 0 radical (unpaired) electrons. The number of hydrogen-bond acceptors (Lipinski definition) is 4. The van der Waals surface area contributed by atoms with Crippen LogP contribution in [0, 0.1) is 0 Å². The first-order valence-electron chi connectivity index (χ1n) is 8.38. The van der Waals surface area contributed by atoms with Gasteiger partial charge in [0.1, 0.15) is 11.1 Å². The molecule has 0 aliphatic heterocycles. The summed E-state index contributed by atoms with van der Waals surface area (Å²) in [5.74, 6) is -0.701. The van der Waals surface area contributed by atoms with E-state index in [0.29, 0.717) is 5.58 Å². The first-order valence-corrected chi connectivity index (χ1v) is 8.76. The van der Waals surface area contributed by atoms with E-state index < -0.39 is 11.5 Å². The maximum Gasteiger partial charge on any atom is 0.347 e. The Kier molecular flexibility index (Phi) is 4.55. The fraction of sp³-hybridized carbons (Fsp3) is 0. The summed E-state index contributed by atoms with van der Waals surface area (Å²) < 4.78 is 5.38. The normalized spacial score (nSPS) is 11.7. The van der Waals surface area contributed by atoms with Crippen molar-refractivity contribution in [3.8, 4) is 0 Å². The van der Waals surface area contributed by atoms with Gasteiger partial charge in [0.2, 0.25) is 0 Å². The van der Waals surface area contributed by atoms with Gasteiger partial charge in [0.25, 0.3) is 5.91 Å². The van der Waals surface area contributed by atoms with Crippen LogP contribution in [0.15, 0.2) is 81.0 Å². The molecule has 3 N–H and O–H groups in total. The van der Waals surface area contributed by atoms with Crippen molar-refractivity contribution in [2.24, 2.45) is 10.8 Å². The molecule has 0 aliphatic carbocycles. The second kappa shape index (κ2) is 7.17. The molecule has 0 atom stereocenters. The van der Waals surface area contributed by atoms with Crippen molar-refractivity contribution < 1.29 is 9.21 Å². The van der Waals surface area contributed by atoms with Gasteiger partial charge < -0.3 is 10.2 Å². The molecular weight excluding hydrogens is 378 g/mol. The van der Waals surface area contributed by atoms with Crippen molar-refractivity contribution in [1.29, 1.82) is 0 Å². The van der Waals surface area contributed by atoms with E-state index in [-0.39, 0.29) is 22.0 Å². The van der Waals surface area contributed by atoms with Gasteiger partial charge in [0.05, 0.1) is 10.6 Å². The Hall–Kier alpha value is -3.64. The van der Waals surface area contributed by atoms with Gasteiger partial charge >= 0.3 is 5.63 Å². The van der Waals surface area contributed by atoms with E-state index in [2.05, 4.69) is 10.5 Å². The van der Waals surface area contributed by atoms with Gasteiger partial charge in [-0.05, 0) is 35.0 Å². The number of benzene rings is 3. The number of hydrazone groups is 1. The van der Waals surface area contributed by atoms with E-state index >= 15 is 0 Å². The Morgan fingerprint density at radius 1 is 0.964 bits per heavy atom. The van der Waals surface area contributed by atoms with Gasteiger partial charge in [0, 0.05) is 5.39 Å². The van der Waals surface area contributed by atoms with E-state index in [1.807, 2.05) is 30.3 Å². The van der Waals surface area contributed by atoms with Crippen LogP contribution in [0.3, 0.4) is 0 Å². The van der Waals surface area contributed by atoms with Crippen molar-refractivity contribution in [2.75, 3.05) is 0 Å². The molecule has 0 spiro atoms. The van der Waals surface area contributed by atoms with Gasteiger partial charge in [-0.25, -0.2) is 10.2 Å². The highest BCUT2D eigenvalue weighted by Gasteiger charge is 2.13. The number of nitrogens with two attached hydrogens (primary N) is 1. The molecule has 1 heterocycles. The number of hydrogen-bond donors (Lipinski definition) is 2. The Bertz CT molecular complexity index is 1310. The molecule has 138 valence electrons. The summed E-state index contributed by atoms with van der Waals surface area (Å²) in [5, 5.41) is 6.76. The number of amidine groups is 1. The molecule has 6 nitrogen and oxygen atoms in total. The van der Waals surface area contributed by atoms with E-state index in [1.165, 1.54) is 0 Å². The third-order valence-corrected chi connectivity index (χ3v) is 4.64. The molecule has 0 fully saturated rings. The van der Waals surface area contributed by atoms with Crippen LogP contribution in [-0.2, 0) is 0 Å². The molecule has 1 aromatic heterocycles. The second-order valence-corrected chi connectivity index (χ2v) is 6.47. The van der Waals surface area contributed by atoms with Gasteiger partial charge in [-0.15, -0.1) is 0 Å². The van der Waals surface area contributed by atoms with Crippen LogP contribution in [0.25, 0.3) is 21.7 Å². The molecule has 0 saturated heterocycles. The minimum absolute atomic E-state index is 0.0586. The van der Waals surface area contributed by atoms with Gasteiger partial charge in [-0.3, -0.25) is 4.79 Å². The van der Waals surface area contributed by atoms with E-state index in [9.17, 15) is 9.59 Å². The highest BCUT2D eigenvalue weighted by atomic mass is 35.5. The maximum absolute atomic E-state index is 12.3. The molecule has 4 aromatic rings. The lowest BCUT2D eigenvalue weighted by Crippen LogP contribution is -2.27. The zero-order chi connectivity index (χ0) is 19.7. The number of carbonyl (C=O) groups excluding carboxylic acids is 1. The lowest BCUT2D eigenvalue weighted by atomic mass is 10.0. The summed E-state index contributed by atoms with van der Waals surface area (Å²) in [4.78, 5) is 24.5. The third-order valence-electron chi connectivity index (χ3n) is 4.31. The molecule has 0 bridgehead atoms. The lowest BCUT2D eigenvalue weighted by molar-refractivity contribution is 0.0955. The average Bonchev–Trinajstić information content (AvgIpc) is 2.71. The molecule has 0 unspecified atom stereocenters. The van der Waals surface area contributed by atoms with Crippen molar-refractivity contribution in [3.05, 3.63) is 93.3 Å². The summed E-state index contributed by atoms with van der Waals surface area (Å²) >= 11 is 5.99. The van der Waals surface area contributed by atoms with Gasteiger partial charge in [-0.1, -0.05) is 54.1 Å². The molecule has 3 aromatic carbocycles. The number of nitrogens with one attached hydrogen (secondary N) is 1. The first-order chi connectivity index (χ1) is 13.5. The number of nitrogens with zero attached hydrogens (tertiary/aromatic N) is 1. The Morgan fingerprint density at radius 2 is 1.71 bits per heavy atom. The first kappa shape index (κ1) is 17.8. The van der Waals surface area contributed by atoms with Crippen LogP contribution >= 0.6 is 11.6 Å². The molecule has 1 amide bonds. The number of rotatable bonds is 3. The Balaban J connectivity index is 1.73. The van der Waals surface area contributed by atoms with Crippen LogP contribution in [-0.4, -0.2) is 11.7 Å². The zero-order valence-corrected chi connectivity index (χ0v) is 15.2. The largest absolute Gasteiger partial charge is 0.422 e. The number of carbonyl (C=O) groups is 1. The van der Waals surface area contributed by atoms with Crippen LogP contribution in [0.1, 0.15) is 15.9 Å². The van der Waals surface area contributed by atoms with E-state index in [1.54, 1.807) is 36.4 Å². The van der Waals surface area contributed by atoms with Crippen LogP contribution in [0.4, 0.5) is 0 Å². The summed E-state index contributed by atoms with van der Waals surface area (Å²) in [7, 11) is 0. The predicted octanol–water partition coefficient (Wildman–Crippen LogP) is 3.65. The van der Waals surface area contributed by atoms with E-state index in [0.717, 1.165) is 16.2 Å². The molecule has 0 saturated carbocycles. The van der Waals surface area contributed by atoms with E-state index in [4.69, 9.17) is 21.8 Å². The number of fused-ring (bicyclic) bond motifs is 3. The molecule has 7 heteroatoms. The average molecular weight is 392 g/mol. The SMILES string of the molecule is NC(=NNC(=O)c1ccccc1Cl)c1cc2c(ccc3ccccc32)oc1=O. The predicted molar refractivity (Wildman–Crippen MR) is 110 cm³/mol. The standard InChI is InChI=1S/C21H14ClN3O3/c22-17-8-4-3-7-14(17)20(26)25-24-19(23)16-11-15-13-6-2-1-5-12(13)9-10-18(15)28-21(16)27/h1-11H,(H2,23,24)(H,25,26). The summed E-state index contributed by atoms with van der Waals surface area (Å²) in [6.07, 6.45) is 0. The minimum atomic E-state index is -0.643. The lowest BCUT2D eigenvalue weighted by Gasteiger charge is -2.06. The Morgan fingerprint density at radius 3 is 2.54 bits per heavy atom. The third kappa shape index (κ3) is 3.21. The highest BCUT2D eigenvalue weighted by Crippen LogP contribution is 2.24. The monoisotopic (exact) mass is 391 g/mol. The van der Waals surface area contributed by atoms with Gasteiger partial charge in [-0.2, -0.15) is 5.10 Å². The smallest absolute Gasteiger partial charge is 0.347 e. The van der Waals surface area contributed by atoms with Crippen LogP contribution in [0.2, 0.25) is 5.02 Å². The topological polar surface area (TPSA) is 97.7 Å². The van der Waals surface area contributed by atoms with Crippen LogP contribution < -0.4 is 16.8 Å². The van der Waals surface area contributed by atoms with Crippen LogP contribution in [0.5, 0.6) is 0 Å². The summed E-state index contributed by atoms with van der Waals surface area (Å²) in [5.41, 5.74) is 8.36. The Labute approximate surface area is 164 Å². The minimum Gasteiger partial charge on any atom is -0.422 e. The number of amides is 1. The fourth-order valence-corrected chi connectivity index (χ4v) is 3.15. The number of halogens is 1. The van der Waals surface area contributed by atoms with Crippen molar-refractivity contribution in [2.45, 2.75) is 0 Å².